The van der Waals surface area contributed by atoms with Gasteiger partial charge in [-0.3, -0.25) is 4.79 Å². The minimum Gasteiger partial charge on any atom is -0.491 e. The van der Waals surface area contributed by atoms with Gasteiger partial charge < -0.3 is 10.1 Å². The number of ether oxygens (including phenoxy) is 1. The second-order valence-corrected chi connectivity index (χ2v) is 7.50. The number of aryl methyl sites for hydroxylation is 2. The monoisotopic (exact) mass is 362 g/mol. The van der Waals surface area contributed by atoms with Crippen LogP contribution in [0.5, 0.6) is 5.75 Å². The number of carbonyl (C=O) groups excluding carboxylic acids is 1. The second kappa shape index (κ2) is 8.13. The minimum absolute atomic E-state index is 0.0503. The Morgan fingerprint density at radius 3 is 2.60 bits per heavy atom. The third-order valence-corrected chi connectivity index (χ3v) is 5.08. The van der Waals surface area contributed by atoms with Crippen LogP contribution in [0.25, 0.3) is 0 Å². The maximum atomic E-state index is 12.2. The van der Waals surface area contributed by atoms with Crippen molar-refractivity contribution in [3.8, 4) is 5.75 Å². The Bertz CT molecular complexity index is 863. The van der Waals surface area contributed by atoms with Gasteiger partial charge in [0, 0.05) is 5.56 Å². The van der Waals surface area contributed by atoms with E-state index in [1.807, 2.05) is 32.0 Å². The van der Waals surface area contributed by atoms with Crippen molar-refractivity contribution >= 4 is 15.9 Å². The molecule has 0 bridgehead atoms. The van der Waals surface area contributed by atoms with Gasteiger partial charge in [0.2, 0.25) is 10.0 Å². The van der Waals surface area contributed by atoms with Crippen molar-refractivity contribution in [1.82, 2.24) is 10.0 Å². The zero-order valence-corrected chi connectivity index (χ0v) is 15.3. The van der Waals surface area contributed by atoms with E-state index in [0.717, 1.165) is 16.9 Å². The highest BCUT2D eigenvalue weighted by Crippen LogP contribution is 2.18. The van der Waals surface area contributed by atoms with Crippen LogP contribution in [0.15, 0.2) is 47.4 Å². The first-order valence-electron chi connectivity index (χ1n) is 7.85. The molecule has 0 aliphatic heterocycles. The quantitative estimate of drug-likeness (QED) is 0.738. The first-order valence-corrected chi connectivity index (χ1v) is 9.33. The summed E-state index contributed by atoms with van der Waals surface area (Å²) in [5.74, 6) is 0.439. The fourth-order valence-corrected chi connectivity index (χ4v) is 2.99. The van der Waals surface area contributed by atoms with Crippen molar-refractivity contribution in [3.05, 3.63) is 59.2 Å². The number of hydrogen-bond acceptors (Lipinski definition) is 4. The second-order valence-electron chi connectivity index (χ2n) is 5.61. The molecule has 1 amide bonds. The Labute approximate surface area is 148 Å². The molecular weight excluding hydrogens is 340 g/mol. The lowest BCUT2D eigenvalue weighted by Crippen LogP contribution is -2.28. The van der Waals surface area contributed by atoms with E-state index in [1.165, 1.54) is 25.2 Å². The van der Waals surface area contributed by atoms with Crippen molar-refractivity contribution < 1.29 is 17.9 Å². The zero-order chi connectivity index (χ0) is 18.4. The summed E-state index contributed by atoms with van der Waals surface area (Å²) in [4.78, 5) is 12.2. The third kappa shape index (κ3) is 5.04. The highest BCUT2D eigenvalue weighted by molar-refractivity contribution is 7.89. The van der Waals surface area contributed by atoms with Gasteiger partial charge in [0.1, 0.15) is 12.4 Å². The molecule has 2 aromatic rings. The number of sulfonamides is 1. The summed E-state index contributed by atoms with van der Waals surface area (Å²) in [6.45, 7) is 4.58. The molecule has 0 atom stereocenters. The molecule has 0 radical (unpaired) electrons. The van der Waals surface area contributed by atoms with Crippen LogP contribution in [0.4, 0.5) is 0 Å². The molecule has 0 aliphatic carbocycles. The van der Waals surface area contributed by atoms with Crippen LogP contribution in [-0.2, 0) is 10.0 Å². The number of amides is 1. The van der Waals surface area contributed by atoms with Gasteiger partial charge in [0.05, 0.1) is 11.4 Å². The summed E-state index contributed by atoms with van der Waals surface area (Å²) in [5, 5.41) is 2.72. The van der Waals surface area contributed by atoms with Crippen LogP contribution < -0.4 is 14.8 Å². The van der Waals surface area contributed by atoms with Crippen molar-refractivity contribution in [3.63, 3.8) is 0 Å². The molecule has 2 N–H and O–H groups in total. The van der Waals surface area contributed by atoms with Crippen LogP contribution in [0, 0.1) is 13.8 Å². The Balaban J connectivity index is 1.93. The van der Waals surface area contributed by atoms with Crippen molar-refractivity contribution in [1.29, 1.82) is 0 Å². The van der Waals surface area contributed by atoms with Crippen LogP contribution in [0.1, 0.15) is 21.5 Å². The number of carbonyl (C=O) groups is 1. The van der Waals surface area contributed by atoms with Gasteiger partial charge in [0.25, 0.3) is 5.91 Å². The number of benzene rings is 2. The van der Waals surface area contributed by atoms with Gasteiger partial charge in [-0.1, -0.05) is 18.2 Å². The summed E-state index contributed by atoms with van der Waals surface area (Å²) in [6, 6.07) is 11.8. The summed E-state index contributed by atoms with van der Waals surface area (Å²) in [5.41, 5.74) is 2.41. The van der Waals surface area contributed by atoms with E-state index in [2.05, 4.69) is 10.0 Å². The van der Waals surface area contributed by atoms with Crippen molar-refractivity contribution in [2.45, 2.75) is 18.7 Å². The normalized spacial score (nSPS) is 11.2. The minimum atomic E-state index is -3.58. The lowest BCUT2D eigenvalue weighted by atomic mass is 10.1. The van der Waals surface area contributed by atoms with Gasteiger partial charge in [-0.05, 0) is 56.3 Å². The van der Waals surface area contributed by atoms with Gasteiger partial charge >= 0.3 is 0 Å². The predicted molar refractivity (Wildman–Crippen MR) is 96.4 cm³/mol. The lowest BCUT2D eigenvalue weighted by molar-refractivity contribution is 0.0946. The third-order valence-electron chi connectivity index (χ3n) is 3.66. The van der Waals surface area contributed by atoms with Gasteiger partial charge in [-0.15, -0.1) is 0 Å². The summed E-state index contributed by atoms with van der Waals surface area (Å²) < 4.78 is 31.5. The molecule has 0 saturated heterocycles. The first kappa shape index (κ1) is 19.0. The topological polar surface area (TPSA) is 84.5 Å². The van der Waals surface area contributed by atoms with Gasteiger partial charge in [-0.25, -0.2) is 13.1 Å². The van der Waals surface area contributed by atoms with Crippen molar-refractivity contribution in [2.24, 2.45) is 0 Å². The average molecular weight is 362 g/mol. The molecule has 0 unspecified atom stereocenters. The maximum Gasteiger partial charge on any atom is 0.251 e. The number of hydrogen-bond donors (Lipinski definition) is 2. The van der Waals surface area contributed by atoms with E-state index in [-0.39, 0.29) is 16.4 Å². The molecule has 0 heterocycles. The van der Waals surface area contributed by atoms with E-state index < -0.39 is 10.0 Å². The van der Waals surface area contributed by atoms with E-state index in [4.69, 9.17) is 4.74 Å². The average Bonchev–Trinajstić information content (AvgIpc) is 2.61. The first-order chi connectivity index (χ1) is 11.8. The SMILES string of the molecule is CNS(=O)(=O)c1cccc(C(=O)NCCOc2cc(C)ccc2C)c1. The van der Waals surface area contributed by atoms with E-state index in [9.17, 15) is 13.2 Å². The Morgan fingerprint density at radius 2 is 1.88 bits per heavy atom. The molecule has 0 saturated carbocycles. The molecule has 25 heavy (non-hydrogen) atoms. The highest BCUT2D eigenvalue weighted by atomic mass is 32.2. The summed E-state index contributed by atoms with van der Waals surface area (Å²) in [7, 11) is -2.25. The molecule has 134 valence electrons. The van der Waals surface area contributed by atoms with Gasteiger partial charge in [0.15, 0.2) is 0 Å². The highest BCUT2D eigenvalue weighted by Gasteiger charge is 2.14. The molecule has 0 aromatic heterocycles. The van der Waals surface area contributed by atoms with Gasteiger partial charge in [-0.2, -0.15) is 0 Å². The smallest absolute Gasteiger partial charge is 0.251 e. The zero-order valence-electron chi connectivity index (χ0n) is 14.5. The molecule has 0 spiro atoms. The van der Waals surface area contributed by atoms with Crippen LogP contribution in [0.2, 0.25) is 0 Å². The molecule has 7 heteroatoms. The standard InChI is InChI=1S/C18H22N2O4S/c1-13-7-8-14(2)17(11-13)24-10-9-20-18(21)15-5-4-6-16(12-15)25(22,23)19-3/h4-8,11-12,19H,9-10H2,1-3H3,(H,20,21). The maximum absolute atomic E-state index is 12.2. The van der Waals surface area contributed by atoms with Crippen LogP contribution in [0.3, 0.4) is 0 Å². The summed E-state index contributed by atoms with van der Waals surface area (Å²) >= 11 is 0. The number of nitrogens with one attached hydrogen (secondary N) is 2. The fourth-order valence-electron chi connectivity index (χ4n) is 2.21. The molecule has 0 aliphatic rings. The molecule has 6 nitrogen and oxygen atoms in total. The van der Waals surface area contributed by atoms with Crippen LogP contribution >= 0.6 is 0 Å². The van der Waals surface area contributed by atoms with Crippen LogP contribution in [-0.4, -0.2) is 34.5 Å². The van der Waals surface area contributed by atoms with Crippen molar-refractivity contribution in [2.75, 3.05) is 20.2 Å². The van der Waals surface area contributed by atoms with E-state index in [1.54, 1.807) is 6.07 Å². The van der Waals surface area contributed by atoms with E-state index in [0.29, 0.717) is 13.2 Å². The number of rotatable bonds is 7. The Morgan fingerprint density at radius 1 is 1.12 bits per heavy atom. The lowest BCUT2D eigenvalue weighted by Gasteiger charge is -2.11. The predicted octanol–water partition coefficient (Wildman–Crippen LogP) is 2.02. The Kier molecular flexibility index (Phi) is 6.17. The molecular formula is C18H22N2O4S. The molecule has 2 aromatic carbocycles. The Hall–Kier alpha value is -2.38. The molecule has 0 fully saturated rings. The summed E-state index contributed by atoms with van der Waals surface area (Å²) in [6.07, 6.45) is 0. The fraction of sp³-hybridized carbons (Fsp3) is 0.278. The molecule has 2 rings (SSSR count). The van der Waals surface area contributed by atoms with E-state index >= 15 is 0 Å². The largest absolute Gasteiger partial charge is 0.491 e.